The predicted octanol–water partition coefficient (Wildman–Crippen LogP) is 3.06. The molecule has 0 saturated heterocycles. The van der Waals surface area contributed by atoms with E-state index >= 15 is 0 Å². The summed E-state index contributed by atoms with van der Waals surface area (Å²) < 4.78 is 10.7. The Morgan fingerprint density at radius 2 is 2.12 bits per heavy atom. The van der Waals surface area contributed by atoms with Crippen LogP contribution in [0.4, 0.5) is 0 Å². The van der Waals surface area contributed by atoms with Crippen LogP contribution in [0.2, 0.25) is 0 Å². The molecule has 132 valence electrons. The van der Waals surface area contributed by atoms with Crippen molar-refractivity contribution < 1.29 is 23.8 Å². The molecular weight excluding hydrogens is 322 g/mol. The zero-order valence-electron chi connectivity index (χ0n) is 14.5. The number of carbonyl (C=O) groups is 2. The van der Waals surface area contributed by atoms with E-state index in [1.165, 1.54) is 6.07 Å². The molecule has 0 bridgehead atoms. The Hall–Kier alpha value is -2.76. The van der Waals surface area contributed by atoms with Gasteiger partial charge in [0.15, 0.2) is 0 Å². The second-order valence-electron chi connectivity index (χ2n) is 6.41. The fraction of sp³-hybridized carbons (Fsp3) is 0.368. The SMILES string of the molecule is COc1cccc([C@H]2C[C@@H]2C(=O)N(C)Cc2cc(C(=O)O)c(C)o2)c1. The van der Waals surface area contributed by atoms with Gasteiger partial charge in [-0.1, -0.05) is 12.1 Å². The van der Waals surface area contributed by atoms with Gasteiger partial charge >= 0.3 is 5.97 Å². The third kappa shape index (κ3) is 3.52. The molecule has 0 radical (unpaired) electrons. The summed E-state index contributed by atoms with van der Waals surface area (Å²) in [4.78, 5) is 25.3. The summed E-state index contributed by atoms with van der Waals surface area (Å²) >= 11 is 0. The Labute approximate surface area is 146 Å². The van der Waals surface area contributed by atoms with E-state index in [9.17, 15) is 9.59 Å². The topological polar surface area (TPSA) is 80.0 Å². The number of ether oxygens (including phenoxy) is 1. The number of carboxylic acid groups (broad SMARTS) is 1. The molecule has 1 saturated carbocycles. The molecule has 1 N–H and O–H groups in total. The highest BCUT2D eigenvalue weighted by Crippen LogP contribution is 2.49. The number of rotatable bonds is 6. The Morgan fingerprint density at radius 3 is 2.76 bits per heavy atom. The molecule has 1 aromatic heterocycles. The molecule has 2 atom stereocenters. The summed E-state index contributed by atoms with van der Waals surface area (Å²) in [5.74, 6) is 0.787. The first-order valence-electron chi connectivity index (χ1n) is 8.12. The van der Waals surface area contributed by atoms with Gasteiger partial charge in [-0.05, 0) is 43.0 Å². The number of amides is 1. The van der Waals surface area contributed by atoms with Gasteiger partial charge in [0.25, 0.3) is 0 Å². The van der Waals surface area contributed by atoms with Crippen LogP contribution in [0.3, 0.4) is 0 Å². The number of benzene rings is 1. The predicted molar refractivity (Wildman–Crippen MR) is 90.7 cm³/mol. The second-order valence-corrected chi connectivity index (χ2v) is 6.41. The highest BCUT2D eigenvalue weighted by atomic mass is 16.5. The van der Waals surface area contributed by atoms with E-state index in [0.717, 1.165) is 17.7 Å². The first kappa shape index (κ1) is 17.1. The standard InChI is InChI=1S/C19H21NO5/c1-11-15(19(22)23)8-14(25-11)10-20(2)18(21)17-9-16(17)12-5-4-6-13(7-12)24-3/h4-8,16-17H,9-10H2,1-3H3,(H,22,23)/t16-,17+/m1/s1. The van der Waals surface area contributed by atoms with Crippen LogP contribution in [0.15, 0.2) is 34.7 Å². The summed E-state index contributed by atoms with van der Waals surface area (Å²) in [6, 6.07) is 9.27. The molecule has 0 spiro atoms. The summed E-state index contributed by atoms with van der Waals surface area (Å²) in [5, 5.41) is 9.07. The third-order valence-corrected chi connectivity index (χ3v) is 4.60. The number of carbonyl (C=O) groups excluding carboxylic acids is 1. The minimum Gasteiger partial charge on any atom is -0.497 e. The molecule has 1 aliphatic carbocycles. The molecule has 3 rings (SSSR count). The fourth-order valence-corrected chi connectivity index (χ4v) is 3.14. The second kappa shape index (κ2) is 6.63. The minimum atomic E-state index is -1.03. The Morgan fingerprint density at radius 1 is 1.36 bits per heavy atom. The molecule has 1 heterocycles. The molecule has 2 aromatic rings. The highest BCUT2D eigenvalue weighted by Gasteiger charge is 2.45. The van der Waals surface area contributed by atoms with E-state index in [0.29, 0.717) is 11.5 Å². The average molecular weight is 343 g/mol. The van der Waals surface area contributed by atoms with Gasteiger partial charge in [0, 0.05) is 13.0 Å². The maximum atomic E-state index is 12.6. The number of nitrogens with zero attached hydrogens (tertiary/aromatic N) is 1. The fourth-order valence-electron chi connectivity index (χ4n) is 3.14. The monoisotopic (exact) mass is 343 g/mol. The zero-order valence-corrected chi connectivity index (χ0v) is 14.5. The van der Waals surface area contributed by atoms with Gasteiger partial charge < -0.3 is 19.2 Å². The van der Waals surface area contributed by atoms with Gasteiger partial charge in [0.2, 0.25) is 5.91 Å². The number of hydrogen-bond donors (Lipinski definition) is 1. The van der Waals surface area contributed by atoms with Crippen LogP contribution < -0.4 is 4.74 Å². The Kier molecular flexibility index (Phi) is 4.53. The molecule has 6 heteroatoms. The summed E-state index contributed by atoms with van der Waals surface area (Å²) in [7, 11) is 3.33. The zero-order chi connectivity index (χ0) is 18.1. The lowest BCUT2D eigenvalue weighted by Gasteiger charge is -2.16. The summed E-state index contributed by atoms with van der Waals surface area (Å²) in [6.45, 7) is 1.86. The van der Waals surface area contributed by atoms with Crippen molar-refractivity contribution in [2.24, 2.45) is 5.92 Å². The third-order valence-electron chi connectivity index (χ3n) is 4.60. The van der Waals surface area contributed by atoms with E-state index < -0.39 is 5.97 Å². The lowest BCUT2D eigenvalue weighted by Crippen LogP contribution is -2.27. The van der Waals surface area contributed by atoms with Crippen LogP contribution in [0.1, 0.15) is 39.8 Å². The molecule has 1 aliphatic rings. The van der Waals surface area contributed by atoms with Crippen molar-refractivity contribution in [2.75, 3.05) is 14.2 Å². The van der Waals surface area contributed by atoms with Crippen molar-refractivity contribution in [2.45, 2.75) is 25.8 Å². The van der Waals surface area contributed by atoms with Crippen molar-refractivity contribution in [1.29, 1.82) is 0 Å². The number of aromatic carboxylic acids is 1. The van der Waals surface area contributed by atoms with Crippen LogP contribution in [0.5, 0.6) is 5.75 Å². The smallest absolute Gasteiger partial charge is 0.339 e. The maximum absolute atomic E-state index is 12.6. The van der Waals surface area contributed by atoms with E-state index in [1.54, 1.807) is 26.0 Å². The molecule has 6 nitrogen and oxygen atoms in total. The van der Waals surface area contributed by atoms with E-state index in [4.69, 9.17) is 14.3 Å². The number of furan rings is 1. The molecule has 1 aromatic carbocycles. The molecule has 1 amide bonds. The van der Waals surface area contributed by atoms with E-state index in [2.05, 4.69) is 0 Å². The van der Waals surface area contributed by atoms with Crippen LogP contribution in [-0.2, 0) is 11.3 Å². The Balaban J connectivity index is 1.64. The van der Waals surface area contributed by atoms with Gasteiger partial charge in [-0.15, -0.1) is 0 Å². The summed E-state index contributed by atoms with van der Waals surface area (Å²) in [5.41, 5.74) is 1.24. The summed E-state index contributed by atoms with van der Waals surface area (Å²) in [6.07, 6.45) is 0.813. The first-order valence-corrected chi connectivity index (χ1v) is 8.12. The number of carboxylic acids is 1. The Bertz CT molecular complexity index is 810. The van der Waals surface area contributed by atoms with Crippen molar-refractivity contribution >= 4 is 11.9 Å². The van der Waals surface area contributed by atoms with Crippen molar-refractivity contribution in [3.63, 3.8) is 0 Å². The van der Waals surface area contributed by atoms with E-state index in [-0.39, 0.29) is 29.9 Å². The van der Waals surface area contributed by atoms with Crippen molar-refractivity contribution in [1.82, 2.24) is 4.90 Å². The van der Waals surface area contributed by atoms with Crippen LogP contribution in [0.25, 0.3) is 0 Å². The number of methoxy groups -OCH3 is 1. The first-order chi connectivity index (χ1) is 11.9. The number of aryl methyl sites for hydroxylation is 1. The lowest BCUT2D eigenvalue weighted by molar-refractivity contribution is -0.132. The molecular formula is C19H21NO5. The van der Waals surface area contributed by atoms with Gasteiger partial charge in [-0.3, -0.25) is 4.79 Å². The quantitative estimate of drug-likeness (QED) is 0.872. The molecule has 0 aliphatic heterocycles. The van der Waals surface area contributed by atoms with Gasteiger partial charge in [0.1, 0.15) is 22.8 Å². The minimum absolute atomic E-state index is 0.0405. The normalized spacial score (nSPS) is 18.7. The van der Waals surface area contributed by atoms with Gasteiger partial charge in [0.05, 0.1) is 13.7 Å². The lowest BCUT2D eigenvalue weighted by atomic mass is 10.1. The van der Waals surface area contributed by atoms with Crippen LogP contribution in [-0.4, -0.2) is 36.0 Å². The van der Waals surface area contributed by atoms with Crippen LogP contribution >= 0.6 is 0 Å². The maximum Gasteiger partial charge on any atom is 0.339 e. The average Bonchev–Trinajstić information content (AvgIpc) is 3.31. The van der Waals surface area contributed by atoms with Gasteiger partial charge in [-0.25, -0.2) is 4.79 Å². The van der Waals surface area contributed by atoms with E-state index in [1.807, 2.05) is 24.3 Å². The van der Waals surface area contributed by atoms with Crippen molar-refractivity contribution in [3.05, 3.63) is 53.0 Å². The number of hydrogen-bond acceptors (Lipinski definition) is 4. The molecule has 1 fully saturated rings. The molecule has 25 heavy (non-hydrogen) atoms. The van der Waals surface area contributed by atoms with Crippen molar-refractivity contribution in [3.8, 4) is 5.75 Å². The molecule has 0 unspecified atom stereocenters. The highest BCUT2D eigenvalue weighted by molar-refractivity contribution is 5.89. The van der Waals surface area contributed by atoms with Crippen LogP contribution in [0, 0.1) is 12.8 Å². The van der Waals surface area contributed by atoms with Gasteiger partial charge in [-0.2, -0.15) is 0 Å². The largest absolute Gasteiger partial charge is 0.497 e.